The van der Waals surface area contributed by atoms with Crippen LogP contribution in [-0.2, 0) is 4.79 Å². The molecular weight excluding hydrogens is 332 g/mol. The predicted molar refractivity (Wildman–Crippen MR) is 100 cm³/mol. The standard InChI is InChI=1S/C19H26N4O3/c1-14-7-9-19(10-8-14)17(25)23(18(26)21-19)20-13-15-3-5-16(6-4-15)22(2)11-12-24/h3-6,13-14,24H,7-12H2,1-2H3,(H,21,26)/b20-13-. The van der Waals surface area contributed by atoms with Crippen LogP contribution >= 0.6 is 0 Å². The molecule has 7 nitrogen and oxygen atoms in total. The Labute approximate surface area is 153 Å². The average Bonchev–Trinajstić information content (AvgIpc) is 2.86. The molecule has 2 fully saturated rings. The molecule has 0 unspecified atom stereocenters. The Morgan fingerprint density at radius 3 is 2.58 bits per heavy atom. The second-order valence-corrected chi connectivity index (χ2v) is 7.29. The van der Waals surface area contributed by atoms with E-state index in [1.165, 1.54) is 6.21 Å². The van der Waals surface area contributed by atoms with Crippen molar-refractivity contribution >= 4 is 23.8 Å². The molecule has 140 valence electrons. The molecule has 1 heterocycles. The Morgan fingerprint density at radius 2 is 1.96 bits per heavy atom. The number of hydrogen-bond acceptors (Lipinski definition) is 5. The van der Waals surface area contributed by atoms with E-state index in [2.05, 4.69) is 17.3 Å². The summed E-state index contributed by atoms with van der Waals surface area (Å²) >= 11 is 0. The molecule has 0 aromatic heterocycles. The number of carbonyl (C=O) groups is 2. The largest absolute Gasteiger partial charge is 0.395 e. The minimum absolute atomic E-state index is 0.0897. The smallest absolute Gasteiger partial charge is 0.346 e. The molecule has 1 aliphatic carbocycles. The summed E-state index contributed by atoms with van der Waals surface area (Å²) in [6, 6.07) is 7.10. The van der Waals surface area contributed by atoms with Gasteiger partial charge in [-0.2, -0.15) is 5.10 Å². The van der Waals surface area contributed by atoms with Crippen LogP contribution in [0.2, 0.25) is 0 Å². The van der Waals surface area contributed by atoms with E-state index in [4.69, 9.17) is 5.11 Å². The Bertz CT molecular complexity index is 693. The Balaban J connectivity index is 1.68. The van der Waals surface area contributed by atoms with E-state index < -0.39 is 11.6 Å². The van der Waals surface area contributed by atoms with Crippen LogP contribution in [0.15, 0.2) is 29.4 Å². The molecule has 1 saturated carbocycles. The van der Waals surface area contributed by atoms with Crippen LogP contribution in [-0.4, -0.2) is 54.0 Å². The normalized spacial score (nSPS) is 26.0. The summed E-state index contributed by atoms with van der Waals surface area (Å²) in [6.07, 6.45) is 4.75. The highest BCUT2D eigenvalue weighted by Crippen LogP contribution is 2.36. The number of imide groups is 1. The zero-order valence-electron chi connectivity index (χ0n) is 15.3. The first kappa shape index (κ1) is 18.4. The van der Waals surface area contributed by atoms with Crippen molar-refractivity contribution in [3.05, 3.63) is 29.8 Å². The van der Waals surface area contributed by atoms with Crippen molar-refractivity contribution in [1.29, 1.82) is 0 Å². The van der Waals surface area contributed by atoms with Crippen molar-refractivity contribution < 1.29 is 14.7 Å². The number of amides is 3. The number of rotatable bonds is 5. The van der Waals surface area contributed by atoms with Gasteiger partial charge in [-0.05, 0) is 49.3 Å². The van der Waals surface area contributed by atoms with Gasteiger partial charge < -0.3 is 15.3 Å². The van der Waals surface area contributed by atoms with Gasteiger partial charge in [0.25, 0.3) is 5.91 Å². The van der Waals surface area contributed by atoms with Gasteiger partial charge in [0, 0.05) is 19.3 Å². The van der Waals surface area contributed by atoms with Gasteiger partial charge >= 0.3 is 6.03 Å². The van der Waals surface area contributed by atoms with E-state index in [-0.39, 0.29) is 12.5 Å². The lowest BCUT2D eigenvalue weighted by molar-refractivity contribution is -0.132. The SMILES string of the molecule is CC1CCC2(CC1)NC(=O)N(/N=C\c1ccc(N(C)CCO)cc1)C2=O. The zero-order valence-corrected chi connectivity index (χ0v) is 15.3. The highest BCUT2D eigenvalue weighted by atomic mass is 16.3. The molecule has 3 amide bonds. The third kappa shape index (κ3) is 3.58. The molecule has 3 rings (SSSR count). The summed E-state index contributed by atoms with van der Waals surface area (Å²) in [6.45, 7) is 2.81. The minimum atomic E-state index is -0.766. The van der Waals surface area contributed by atoms with Crippen molar-refractivity contribution in [2.75, 3.05) is 25.1 Å². The third-order valence-corrected chi connectivity index (χ3v) is 5.36. The maximum Gasteiger partial charge on any atom is 0.346 e. The van der Waals surface area contributed by atoms with E-state index in [9.17, 15) is 9.59 Å². The van der Waals surface area contributed by atoms with Crippen molar-refractivity contribution in [3.8, 4) is 0 Å². The van der Waals surface area contributed by atoms with Gasteiger partial charge in [-0.1, -0.05) is 19.1 Å². The first-order valence-electron chi connectivity index (χ1n) is 9.08. The molecule has 1 aromatic carbocycles. The number of benzene rings is 1. The minimum Gasteiger partial charge on any atom is -0.395 e. The van der Waals surface area contributed by atoms with Crippen LogP contribution in [0.1, 0.15) is 38.2 Å². The lowest BCUT2D eigenvalue weighted by atomic mass is 9.77. The van der Waals surface area contributed by atoms with Gasteiger partial charge in [-0.25, -0.2) is 4.79 Å². The summed E-state index contributed by atoms with van der Waals surface area (Å²) in [4.78, 5) is 26.9. The fraction of sp³-hybridized carbons (Fsp3) is 0.526. The van der Waals surface area contributed by atoms with E-state index in [0.29, 0.717) is 25.3 Å². The number of anilines is 1. The molecule has 0 radical (unpaired) electrons. The monoisotopic (exact) mass is 358 g/mol. The van der Waals surface area contributed by atoms with Crippen LogP contribution in [0.3, 0.4) is 0 Å². The lowest BCUT2D eigenvalue weighted by Gasteiger charge is -2.33. The average molecular weight is 358 g/mol. The topological polar surface area (TPSA) is 85.2 Å². The van der Waals surface area contributed by atoms with Crippen LogP contribution < -0.4 is 10.2 Å². The van der Waals surface area contributed by atoms with Gasteiger partial charge in [0.15, 0.2) is 0 Å². The van der Waals surface area contributed by atoms with Crippen molar-refractivity contribution in [3.63, 3.8) is 0 Å². The van der Waals surface area contributed by atoms with Gasteiger partial charge in [-0.15, -0.1) is 5.01 Å². The number of aliphatic hydroxyl groups excluding tert-OH is 1. The van der Waals surface area contributed by atoms with Crippen LogP contribution in [0, 0.1) is 5.92 Å². The molecule has 7 heteroatoms. The molecule has 1 aromatic rings. The lowest BCUT2D eigenvalue weighted by Crippen LogP contribution is -2.49. The quantitative estimate of drug-likeness (QED) is 0.622. The molecule has 1 saturated heterocycles. The Kier molecular flexibility index (Phi) is 5.27. The van der Waals surface area contributed by atoms with Gasteiger partial charge in [0.05, 0.1) is 12.8 Å². The van der Waals surface area contributed by atoms with Crippen molar-refractivity contribution in [1.82, 2.24) is 10.3 Å². The summed E-state index contributed by atoms with van der Waals surface area (Å²) in [5.74, 6) is 0.343. The van der Waals surface area contributed by atoms with Crippen molar-refractivity contribution in [2.24, 2.45) is 11.0 Å². The second-order valence-electron chi connectivity index (χ2n) is 7.29. The summed E-state index contributed by atoms with van der Waals surface area (Å²) in [7, 11) is 1.90. The Hall–Kier alpha value is -2.41. The molecule has 1 aliphatic heterocycles. The summed E-state index contributed by atoms with van der Waals surface area (Å²) < 4.78 is 0. The first-order valence-corrected chi connectivity index (χ1v) is 9.08. The molecular formula is C19H26N4O3. The van der Waals surface area contributed by atoms with Gasteiger partial charge in [0.2, 0.25) is 0 Å². The molecule has 0 atom stereocenters. The van der Waals surface area contributed by atoms with Crippen LogP contribution in [0.25, 0.3) is 0 Å². The highest BCUT2D eigenvalue weighted by Gasteiger charge is 2.52. The fourth-order valence-electron chi connectivity index (χ4n) is 3.52. The molecule has 0 bridgehead atoms. The number of nitrogens with zero attached hydrogens (tertiary/aromatic N) is 3. The number of hydrogen-bond donors (Lipinski definition) is 2. The number of nitrogens with one attached hydrogen (secondary N) is 1. The van der Waals surface area contributed by atoms with Gasteiger partial charge in [0.1, 0.15) is 5.54 Å². The molecule has 2 aliphatic rings. The second kappa shape index (κ2) is 7.45. The number of carbonyl (C=O) groups excluding carboxylic acids is 2. The van der Waals surface area contributed by atoms with Crippen LogP contribution in [0.5, 0.6) is 0 Å². The van der Waals surface area contributed by atoms with E-state index in [1.807, 2.05) is 36.2 Å². The molecule has 26 heavy (non-hydrogen) atoms. The van der Waals surface area contributed by atoms with Crippen molar-refractivity contribution in [2.45, 2.75) is 38.1 Å². The van der Waals surface area contributed by atoms with Gasteiger partial charge in [-0.3, -0.25) is 4.79 Å². The number of likely N-dealkylation sites (N-methyl/N-ethyl adjacent to an activating group) is 1. The Morgan fingerprint density at radius 1 is 1.31 bits per heavy atom. The number of urea groups is 1. The molecule has 2 N–H and O–H groups in total. The summed E-state index contributed by atoms with van der Waals surface area (Å²) in [5, 5.41) is 16.9. The third-order valence-electron chi connectivity index (χ3n) is 5.36. The maximum atomic E-state index is 12.7. The first-order chi connectivity index (χ1) is 12.4. The number of aliphatic hydroxyl groups is 1. The zero-order chi connectivity index (χ0) is 18.7. The molecule has 1 spiro atoms. The van der Waals surface area contributed by atoms with E-state index >= 15 is 0 Å². The fourth-order valence-corrected chi connectivity index (χ4v) is 3.52. The number of hydrazone groups is 1. The van der Waals surface area contributed by atoms with E-state index in [1.54, 1.807) is 0 Å². The van der Waals surface area contributed by atoms with E-state index in [0.717, 1.165) is 29.1 Å². The van der Waals surface area contributed by atoms with Crippen LogP contribution in [0.4, 0.5) is 10.5 Å². The maximum absolute atomic E-state index is 12.7. The highest BCUT2D eigenvalue weighted by molar-refractivity contribution is 6.07. The summed E-state index contributed by atoms with van der Waals surface area (Å²) in [5.41, 5.74) is 1.00. The predicted octanol–water partition coefficient (Wildman–Crippen LogP) is 1.95.